The summed E-state index contributed by atoms with van der Waals surface area (Å²) in [6.07, 6.45) is 1.34. The first kappa shape index (κ1) is 13.3. The van der Waals surface area contributed by atoms with Crippen molar-refractivity contribution in [1.29, 1.82) is 0 Å². The van der Waals surface area contributed by atoms with Gasteiger partial charge in [0.2, 0.25) is 0 Å². The van der Waals surface area contributed by atoms with Crippen LogP contribution in [0.25, 0.3) is 0 Å². The molecule has 0 aromatic carbocycles. The van der Waals surface area contributed by atoms with Crippen LogP contribution in [0.5, 0.6) is 0 Å². The second kappa shape index (κ2) is 6.12. The zero-order valence-corrected chi connectivity index (χ0v) is 11.6. The molecule has 0 aliphatic carbocycles. The predicted octanol–water partition coefficient (Wildman–Crippen LogP) is 2.06. The highest BCUT2D eigenvalue weighted by Crippen LogP contribution is 2.25. The van der Waals surface area contributed by atoms with E-state index >= 15 is 0 Å². The first-order valence-corrected chi connectivity index (χ1v) is 7.07. The molecule has 3 atom stereocenters. The number of likely N-dealkylation sites (N-methyl/N-ethyl adjacent to an activating group) is 1. The van der Waals surface area contributed by atoms with Gasteiger partial charge in [-0.05, 0) is 26.4 Å². The van der Waals surface area contributed by atoms with Gasteiger partial charge >= 0.3 is 0 Å². The van der Waals surface area contributed by atoms with Gasteiger partial charge in [0.15, 0.2) is 0 Å². The van der Waals surface area contributed by atoms with Crippen molar-refractivity contribution >= 4 is 11.8 Å². The maximum atomic E-state index is 3.71. The Morgan fingerprint density at radius 3 is 2.47 bits per heavy atom. The average molecular weight is 230 g/mol. The smallest absolute Gasteiger partial charge is 0.0237 e. The third-order valence-corrected chi connectivity index (χ3v) is 4.60. The minimum absolute atomic E-state index is 0.658. The lowest BCUT2D eigenvalue weighted by molar-refractivity contribution is 0.219. The summed E-state index contributed by atoms with van der Waals surface area (Å²) in [6.45, 7) is 8.07. The summed E-state index contributed by atoms with van der Waals surface area (Å²) in [5.74, 6) is 2.01. The Balaban J connectivity index is 2.27. The van der Waals surface area contributed by atoms with Gasteiger partial charge in [-0.25, -0.2) is 0 Å². The topological polar surface area (TPSA) is 15.3 Å². The van der Waals surface area contributed by atoms with Crippen molar-refractivity contribution in [2.24, 2.45) is 5.92 Å². The maximum absolute atomic E-state index is 3.71. The molecule has 3 heteroatoms. The van der Waals surface area contributed by atoms with E-state index in [1.807, 2.05) is 0 Å². The van der Waals surface area contributed by atoms with Gasteiger partial charge in [-0.3, -0.25) is 0 Å². The molecule has 0 bridgehead atoms. The van der Waals surface area contributed by atoms with Gasteiger partial charge in [-0.15, -0.1) is 0 Å². The third kappa shape index (κ3) is 4.33. The molecule has 1 rings (SSSR count). The number of hydrogen-bond donors (Lipinski definition) is 1. The van der Waals surface area contributed by atoms with Gasteiger partial charge in [0, 0.05) is 29.6 Å². The van der Waals surface area contributed by atoms with Gasteiger partial charge < -0.3 is 10.2 Å². The van der Waals surface area contributed by atoms with Gasteiger partial charge in [-0.2, -0.15) is 11.8 Å². The molecule has 0 saturated carbocycles. The first-order valence-electron chi connectivity index (χ1n) is 6.02. The van der Waals surface area contributed by atoms with Crippen molar-refractivity contribution in [1.82, 2.24) is 10.2 Å². The van der Waals surface area contributed by atoms with Crippen molar-refractivity contribution in [2.45, 2.75) is 44.5 Å². The molecule has 0 aromatic rings. The molecule has 0 spiro atoms. The second-order valence-corrected chi connectivity index (χ2v) is 6.73. The highest BCUT2D eigenvalue weighted by molar-refractivity contribution is 8.00. The van der Waals surface area contributed by atoms with Crippen molar-refractivity contribution in [3.63, 3.8) is 0 Å². The van der Waals surface area contributed by atoms with Crippen LogP contribution in [0, 0.1) is 5.92 Å². The molecule has 1 fully saturated rings. The van der Waals surface area contributed by atoms with E-state index in [2.05, 4.69) is 56.8 Å². The van der Waals surface area contributed by atoms with E-state index in [-0.39, 0.29) is 0 Å². The lowest BCUT2D eigenvalue weighted by atomic mass is 10.0. The molecular weight excluding hydrogens is 204 g/mol. The number of hydrogen-bond acceptors (Lipinski definition) is 3. The van der Waals surface area contributed by atoms with Crippen LogP contribution in [0.3, 0.4) is 0 Å². The SMILES string of the molecule is CC1CC(NCC(C(C)C)N(C)C)CS1. The molecule has 0 aromatic heterocycles. The molecule has 1 saturated heterocycles. The number of nitrogens with zero attached hydrogens (tertiary/aromatic N) is 1. The fourth-order valence-electron chi connectivity index (χ4n) is 2.26. The molecule has 1 heterocycles. The lowest BCUT2D eigenvalue weighted by Crippen LogP contribution is -2.44. The molecule has 15 heavy (non-hydrogen) atoms. The van der Waals surface area contributed by atoms with Crippen molar-refractivity contribution < 1.29 is 0 Å². The highest BCUT2D eigenvalue weighted by Gasteiger charge is 2.23. The average Bonchev–Trinajstić information content (AvgIpc) is 2.50. The Bertz CT molecular complexity index is 174. The fraction of sp³-hybridized carbons (Fsp3) is 1.00. The van der Waals surface area contributed by atoms with Crippen LogP contribution >= 0.6 is 11.8 Å². The largest absolute Gasteiger partial charge is 0.312 e. The minimum atomic E-state index is 0.658. The van der Waals surface area contributed by atoms with E-state index in [9.17, 15) is 0 Å². The monoisotopic (exact) mass is 230 g/mol. The van der Waals surface area contributed by atoms with Crippen molar-refractivity contribution in [2.75, 3.05) is 26.4 Å². The summed E-state index contributed by atoms with van der Waals surface area (Å²) < 4.78 is 0. The number of rotatable bonds is 5. The van der Waals surface area contributed by atoms with E-state index in [4.69, 9.17) is 0 Å². The molecule has 0 radical (unpaired) electrons. The van der Waals surface area contributed by atoms with E-state index in [0.717, 1.165) is 23.8 Å². The Hall–Kier alpha value is 0.270. The lowest BCUT2D eigenvalue weighted by Gasteiger charge is -2.29. The Morgan fingerprint density at radius 1 is 1.40 bits per heavy atom. The van der Waals surface area contributed by atoms with E-state index in [1.54, 1.807) is 0 Å². The predicted molar refractivity (Wildman–Crippen MR) is 70.6 cm³/mol. The summed E-state index contributed by atoms with van der Waals surface area (Å²) in [7, 11) is 4.36. The Kier molecular flexibility index (Phi) is 5.44. The van der Waals surface area contributed by atoms with E-state index in [0.29, 0.717) is 6.04 Å². The first-order chi connectivity index (χ1) is 7.00. The summed E-state index contributed by atoms with van der Waals surface area (Å²) in [6, 6.07) is 1.40. The summed E-state index contributed by atoms with van der Waals surface area (Å²) >= 11 is 2.10. The summed E-state index contributed by atoms with van der Waals surface area (Å²) in [5, 5.41) is 4.56. The number of thioether (sulfide) groups is 1. The van der Waals surface area contributed by atoms with Crippen LogP contribution in [0.1, 0.15) is 27.2 Å². The van der Waals surface area contributed by atoms with Crippen molar-refractivity contribution in [3.8, 4) is 0 Å². The summed E-state index contributed by atoms with van der Waals surface area (Å²) in [4.78, 5) is 2.34. The van der Waals surface area contributed by atoms with Gasteiger partial charge in [0.25, 0.3) is 0 Å². The zero-order chi connectivity index (χ0) is 11.4. The molecule has 1 aliphatic heterocycles. The van der Waals surface area contributed by atoms with Gasteiger partial charge in [0.1, 0.15) is 0 Å². The molecule has 90 valence electrons. The maximum Gasteiger partial charge on any atom is 0.0237 e. The van der Waals surface area contributed by atoms with Crippen LogP contribution in [0.4, 0.5) is 0 Å². The van der Waals surface area contributed by atoms with Crippen LogP contribution in [0.15, 0.2) is 0 Å². The molecule has 1 aliphatic rings. The summed E-state index contributed by atoms with van der Waals surface area (Å²) in [5.41, 5.74) is 0. The zero-order valence-electron chi connectivity index (χ0n) is 10.8. The molecule has 3 unspecified atom stereocenters. The van der Waals surface area contributed by atoms with Gasteiger partial charge in [-0.1, -0.05) is 20.8 Å². The van der Waals surface area contributed by atoms with Crippen molar-refractivity contribution in [3.05, 3.63) is 0 Å². The van der Waals surface area contributed by atoms with E-state index in [1.165, 1.54) is 12.2 Å². The quantitative estimate of drug-likeness (QED) is 0.778. The normalized spacial score (nSPS) is 29.0. The third-order valence-electron chi connectivity index (χ3n) is 3.25. The Labute approximate surface area is 99.2 Å². The number of nitrogens with one attached hydrogen (secondary N) is 1. The fourth-order valence-corrected chi connectivity index (χ4v) is 3.44. The highest BCUT2D eigenvalue weighted by atomic mass is 32.2. The minimum Gasteiger partial charge on any atom is -0.312 e. The van der Waals surface area contributed by atoms with Gasteiger partial charge in [0.05, 0.1) is 0 Å². The van der Waals surface area contributed by atoms with E-state index < -0.39 is 0 Å². The molecule has 1 N–H and O–H groups in total. The molecule has 0 amide bonds. The standard InChI is InChI=1S/C12H26N2S/c1-9(2)12(14(4)5)7-13-11-6-10(3)15-8-11/h9-13H,6-8H2,1-5H3. The Morgan fingerprint density at radius 2 is 2.07 bits per heavy atom. The second-order valence-electron chi connectivity index (χ2n) is 5.26. The van der Waals surface area contributed by atoms with Crippen LogP contribution < -0.4 is 5.32 Å². The molecular formula is C12H26N2S. The molecule has 2 nitrogen and oxygen atoms in total. The van der Waals surface area contributed by atoms with Crippen LogP contribution in [-0.2, 0) is 0 Å². The van der Waals surface area contributed by atoms with Crippen LogP contribution in [0.2, 0.25) is 0 Å². The van der Waals surface area contributed by atoms with Crippen LogP contribution in [-0.4, -0.2) is 48.6 Å².